The Balaban J connectivity index is 3.54. The molecule has 0 radical (unpaired) electrons. The summed E-state index contributed by atoms with van der Waals surface area (Å²) in [5.41, 5.74) is -0.893. The maximum atomic E-state index is 11.4. The molecular formula is C15H29NO4. The molecule has 0 saturated heterocycles. The van der Waals surface area contributed by atoms with Gasteiger partial charge in [-0.3, -0.25) is 4.79 Å². The predicted molar refractivity (Wildman–Crippen MR) is 78.5 cm³/mol. The van der Waals surface area contributed by atoms with Gasteiger partial charge in [-0.1, -0.05) is 6.42 Å². The summed E-state index contributed by atoms with van der Waals surface area (Å²) in [6, 6.07) is 0. The van der Waals surface area contributed by atoms with Gasteiger partial charge >= 0.3 is 12.1 Å². The third-order valence-corrected chi connectivity index (χ3v) is 2.15. The molecule has 5 nitrogen and oxygen atoms in total. The maximum Gasteiger partial charge on any atom is 0.407 e. The number of carbonyl (C=O) groups is 2. The zero-order valence-corrected chi connectivity index (χ0v) is 13.7. The fourth-order valence-corrected chi connectivity index (χ4v) is 1.47. The molecule has 0 aliphatic carbocycles. The summed E-state index contributed by atoms with van der Waals surface area (Å²) in [5, 5.41) is 2.69. The summed E-state index contributed by atoms with van der Waals surface area (Å²) in [7, 11) is 0. The highest BCUT2D eigenvalue weighted by molar-refractivity contribution is 5.69. The third kappa shape index (κ3) is 13.2. The van der Waals surface area contributed by atoms with Crippen LogP contribution in [0.3, 0.4) is 0 Å². The number of nitrogens with one attached hydrogen (secondary N) is 1. The van der Waals surface area contributed by atoms with Gasteiger partial charge in [0.15, 0.2) is 0 Å². The summed E-state index contributed by atoms with van der Waals surface area (Å²) < 4.78 is 10.3. The lowest BCUT2D eigenvalue weighted by atomic mass is 10.1. The average Bonchev–Trinajstić information content (AvgIpc) is 2.17. The van der Waals surface area contributed by atoms with E-state index in [9.17, 15) is 9.59 Å². The van der Waals surface area contributed by atoms with Gasteiger partial charge in [0.25, 0.3) is 0 Å². The molecule has 0 atom stereocenters. The van der Waals surface area contributed by atoms with Gasteiger partial charge in [-0.05, 0) is 54.4 Å². The van der Waals surface area contributed by atoms with E-state index in [1.807, 2.05) is 41.5 Å². The lowest BCUT2D eigenvalue weighted by Gasteiger charge is -2.20. The van der Waals surface area contributed by atoms with Crippen molar-refractivity contribution in [1.29, 1.82) is 0 Å². The average molecular weight is 287 g/mol. The minimum absolute atomic E-state index is 0.169. The summed E-state index contributed by atoms with van der Waals surface area (Å²) in [4.78, 5) is 22.8. The Morgan fingerprint density at radius 3 is 1.90 bits per heavy atom. The van der Waals surface area contributed by atoms with Crippen molar-refractivity contribution in [1.82, 2.24) is 5.32 Å². The van der Waals surface area contributed by atoms with Crippen LogP contribution in [0.4, 0.5) is 4.79 Å². The van der Waals surface area contributed by atoms with Gasteiger partial charge in [-0.2, -0.15) is 0 Å². The maximum absolute atomic E-state index is 11.4. The van der Waals surface area contributed by atoms with Crippen molar-refractivity contribution >= 4 is 12.1 Å². The number of ether oxygens (including phenoxy) is 2. The Hall–Kier alpha value is -1.26. The molecule has 0 aromatic heterocycles. The summed E-state index contributed by atoms with van der Waals surface area (Å²) in [5.74, 6) is -0.169. The van der Waals surface area contributed by atoms with Crippen LogP contribution in [-0.4, -0.2) is 29.8 Å². The molecule has 0 aliphatic heterocycles. The van der Waals surface area contributed by atoms with Crippen LogP contribution in [0.15, 0.2) is 0 Å². The SMILES string of the molecule is CC(C)(C)OC(=O)CCCCCNC(=O)OC(C)(C)C. The van der Waals surface area contributed by atoms with Crippen molar-refractivity contribution in [2.45, 2.75) is 78.4 Å². The largest absolute Gasteiger partial charge is 0.460 e. The molecule has 0 unspecified atom stereocenters. The van der Waals surface area contributed by atoms with Crippen LogP contribution >= 0.6 is 0 Å². The second-order valence-corrected chi connectivity index (χ2v) is 6.83. The summed E-state index contributed by atoms with van der Waals surface area (Å²) in [6.45, 7) is 11.6. The van der Waals surface area contributed by atoms with E-state index in [-0.39, 0.29) is 5.97 Å². The van der Waals surface area contributed by atoms with Gasteiger partial charge in [0.2, 0.25) is 0 Å². The van der Waals surface area contributed by atoms with Crippen molar-refractivity contribution < 1.29 is 19.1 Å². The number of hydrogen-bond acceptors (Lipinski definition) is 4. The minimum atomic E-state index is -0.471. The molecule has 0 aromatic rings. The quantitative estimate of drug-likeness (QED) is 0.600. The molecule has 0 spiro atoms. The first-order valence-electron chi connectivity index (χ1n) is 7.18. The first kappa shape index (κ1) is 18.7. The second-order valence-electron chi connectivity index (χ2n) is 6.83. The van der Waals surface area contributed by atoms with Crippen LogP contribution < -0.4 is 5.32 Å². The Morgan fingerprint density at radius 1 is 0.850 bits per heavy atom. The standard InChI is InChI=1S/C15H29NO4/c1-14(2,3)19-12(17)10-8-7-9-11-16-13(18)20-15(4,5)6/h7-11H2,1-6H3,(H,16,18). The zero-order valence-electron chi connectivity index (χ0n) is 13.7. The Morgan fingerprint density at radius 2 is 1.40 bits per heavy atom. The first-order valence-corrected chi connectivity index (χ1v) is 7.18. The molecule has 0 aromatic carbocycles. The van der Waals surface area contributed by atoms with E-state index < -0.39 is 17.3 Å². The topological polar surface area (TPSA) is 64.6 Å². The van der Waals surface area contributed by atoms with Crippen LogP contribution in [0.2, 0.25) is 0 Å². The number of hydrogen-bond donors (Lipinski definition) is 1. The summed E-state index contributed by atoms with van der Waals surface area (Å²) in [6.07, 6.45) is 2.48. The monoisotopic (exact) mass is 287 g/mol. The van der Waals surface area contributed by atoms with E-state index in [1.54, 1.807) is 0 Å². The van der Waals surface area contributed by atoms with Crippen molar-refractivity contribution in [3.05, 3.63) is 0 Å². The van der Waals surface area contributed by atoms with E-state index in [4.69, 9.17) is 9.47 Å². The van der Waals surface area contributed by atoms with Crippen molar-refractivity contribution in [2.24, 2.45) is 0 Å². The van der Waals surface area contributed by atoms with Gasteiger partial charge in [0.05, 0.1) is 0 Å². The smallest absolute Gasteiger partial charge is 0.407 e. The fraction of sp³-hybridized carbons (Fsp3) is 0.867. The van der Waals surface area contributed by atoms with E-state index in [0.29, 0.717) is 13.0 Å². The number of unbranched alkanes of at least 4 members (excludes halogenated alkanes) is 2. The van der Waals surface area contributed by atoms with Crippen LogP contribution in [0, 0.1) is 0 Å². The number of esters is 1. The second kappa shape index (κ2) is 8.12. The highest BCUT2D eigenvalue weighted by Crippen LogP contribution is 2.10. The number of alkyl carbamates (subject to hydrolysis) is 1. The molecular weight excluding hydrogens is 258 g/mol. The summed E-state index contributed by atoms with van der Waals surface area (Å²) >= 11 is 0. The normalized spacial score (nSPS) is 11.9. The van der Waals surface area contributed by atoms with Crippen LogP contribution in [-0.2, 0) is 14.3 Å². The molecule has 0 bridgehead atoms. The first-order chi connectivity index (χ1) is 8.99. The Bertz CT molecular complexity index is 281. The van der Waals surface area contributed by atoms with Gasteiger partial charge in [0.1, 0.15) is 11.2 Å². The van der Waals surface area contributed by atoms with E-state index in [1.165, 1.54) is 0 Å². The molecule has 0 fully saturated rings. The van der Waals surface area contributed by atoms with Crippen molar-refractivity contribution in [3.63, 3.8) is 0 Å². The highest BCUT2D eigenvalue weighted by atomic mass is 16.6. The zero-order chi connectivity index (χ0) is 15.8. The van der Waals surface area contributed by atoms with Gasteiger partial charge < -0.3 is 14.8 Å². The molecule has 5 heteroatoms. The Labute approximate surface area is 122 Å². The van der Waals surface area contributed by atoms with Gasteiger partial charge in [-0.15, -0.1) is 0 Å². The third-order valence-electron chi connectivity index (χ3n) is 2.15. The molecule has 0 aliphatic rings. The molecule has 1 amide bonds. The number of amides is 1. The molecule has 0 rings (SSSR count). The van der Waals surface area contributed by atoms with Crippen molar-refractivity contribution in [2.75, 3.05) is 6.54 Å². The van der Waals surface area contributed by atoms with Crippen LogP contribution in [0.5, 0.6) is 0 Å². The molecule has 118 valence electrons. The lowest BCUT2D eigenvalue weighted by Crippen LogP contribution is -2.33. The van der Waals surface area contributed by atoms with E-state index >= 15 is 0 Å². The van der Waals surface area contributed by atoms with E-state index in [2.05, 4.69) is 5.32 Å². The van der Waals surface area contributed by atoms with Crippen LogP contribution in [0.25, 0.3) is 0 Å². The number of rotatable bonds is 6. The Kier molecular flexibility index (Phi) is 7.61. The van der Waals surface area contributed by atoms with Crippen molar-refractivity contribution in [3.8, 4) is 0 Å². The van der Waals surface area contributed by atoms with Gasteiger partial charge in [0, 0.05) is 13.0 Å². The molecule has 20 heavy (non-hydrogen) atoms. The van der Waals surface area contributed by atoms with Crippen LogP contribution in [0.1, 0.15) is 67.2 Å². The lowest BCUT2D eigenvalue weighted by molar-refractivity contribution is -0.154. The fourth-order valence-electron chi connectivity index (χ4n) is 1.47. The van der Waals surface area contributed by atoms with E-state index in [0.717, 1.165) is 19.3 Å². The highest BCUT2D eigenvalue weighted by Gasteiger charge is 2.16. The molecule has 0 heterocycles. The predicted octanol–water partition coefficient (Wildman–Crippen LogP) is 3.41. The molecule has 1 N–H and O–H groups in total. The number of carbonyl (C=O) groups excluding carboxylic acids is 2. The minimum Gasteiger partial charge on any atom is -0.460 e. The molecule has 0 saturated carbocycles. The van der Waals surface area contributed by atoms with Gasteiger partial charge in [-0.25, -0.2) is 4.79 Å².